The summed E-state index contributed by atoms with van der Waals surface area (Å²) >= 11 is 0. The van der Waals surface area contributed by atoms with Crippen molar-refractivity contribution in [3.8, 4) is 0 Å². The number of nitrogens with zero attached hydrogens (tertiary/aromatic N) is 2. The maximum atomic E-state index is 11.9. The number of anilines is 1. The number of aromatic nitrogens is 1. The molecule has 1 amide bonds. The highest BCUT2D eigenvalue weighted by Crippen LogP contribution is 2.10. The summed E-state index contributed by atoms with van der Waals surface area (Å²) in [6, 6.07) is 3.37. The summed E-state index contributed by atoms with van der Waals surface area (Å²) in [5.74, 6) is 0.527. The molecule has 1 unspecified atom stereocenters. The van der Waals surface area contributed by atoms with Crippen LogP contribution in [-0.2, 0) is 0 Å². The summed E-state index contributed by atoms with van der Waals surface area (Å²) in [5.41, 5.74) is -0.326. The van der Waals surface area contributed by atoms with Crippen LogP contribution < -0.4 is 10.2 Å². The van der Waals surface area contributed by atoms with E-state index in [4.69, 9.17) is 0 Å². The fourth-order valence-corrected chi connectivity index (χ4v) is 1.30. The van der Waals surface area contributed by atoms with Crippen LogP contribution in [0.1, 0.15) is 30.6 Å². The third kappa shape index (κ3) is 4.00. The minimum absolute atomic E-state index is 0.200. The number of rotatable bonds is 5. The van der Waals surface area contributed by atoms with Crippen LogP contribution in [0, 0.1) is 0 Å². The van der Waals surface area contributed by atoms with Gasteiger partial charge >= 0.3 is 0 Å². The van der Waals surface area contributed by atoms with E-state index >= 15 is 0 Å². The van der Waals surface area contributed by atoms with Gasteiger partial charge in [0.05, 0.1) is 5.60 Å². The first-order chi connectivity index (χ1) is 8.35. The molecule has 0 aliphatic carbocycles. The number of hydrogen-bond donors (Lipinski definition) is 2. The SMILES string of the molecule is CCC(C)(O)CNC(=O)c1ccnc(N(C)C)c1. The Bertz CT molecular complexity index is 416. The molecule has 1 heterocycles. The monoisotopic (exact) mass is 251 g/mol. The Hall–Kier alpha value is -1.62. The van der Waals surface area contributed by atoms with Crippen molar-refractivity contribution in [1.29, 1.82) is 0 Å². The third-order valence-corrected chi connectivity index (χ3v) is 2.86. The average Bonchev–Trinajstić information content (AvgIpc) is 2.36. The van der Waals surface area contributed by atoms with Gasteiger partial charge in [-0.2, -0.15) is 0 Å². The molecule has 0 radical (unpaired) electrons. The van der Waals surface area contributed by atoms with Gasteiger partial charge in [0.15, 0.2) is 0 Å². The highest BCUT2D eigenvalue weighted by atomic mass is 16.3. The molecule has 1 aromatic rings. The van der Waals surface area contributed by atoms with E-state index in [1.165, 1.54) is 0 Å². The van der Waals surface area contributed by atoms with Crippen LogP contribution in [0.2, 0.25) is 0 Å². The van der Waals surface area contributed by atoms with Crippen molar-refractivity contribution in [2.75, 3.05) is 25.5 Å². The third-order valence-electron chi connectivity index (χ3n) is 2.86. The zero-order valence-corrected chi connectivity index (χ0v) is 11.4. The van der Waals surface area contributed by atoms with Gasteiger partial charge in [-0.3, -0.25) is 4.79 Å². The van der Waals surface area contributed by atoms with Crippen LogP contribution in [0.25, 0.3) is 0 Å². The molecule has 1 atom stereocenters. The van der Waals surface area contributed by atoms with Crippen molar-refractivity contribution < 1.29 is 9.90 Å². The minimum Gasteiger partial charge on any atom is -0.388 e. The van der Waals surface area contributed by atoms with Crippen molar-refractivity contribution in [3.05, 3.63) is 23.9 Å². The first-order valence-corrected chi connectivity index (χ1v) is 5.99. The van der Waals surface area contributed by atoms with Gasteiger partial charge in [-0.15, -0.1) is 0 Å². The number of carbonyl (C=O) groups excluding carboxylic acids is 1. The summed E-state index contributed by atoms with van der Waals surface area (Å²) in [4.78, 5) is 17.9. The lowest BCUT2D eigenvalue weighted by Gasteiger charge is -2.21. The second-order valence-corrected chi connectivity index (χ2v) is 4.83. The lowest BCUT2D eigenvalue weighted by Crippen LogP contribution is -2.40. The predicted octanol–water partition coefficient (Wildman–Crippen LogP) is 1.04. The quantitative estimate of drug-likeness (QED) is 0.820. The Morgan fingerprint density at radius 2 is 2.22 bits per heavy atom. The molecular weight excluding hydrogens is 230 g/mol. The maximum absolute atomic E-state index is 11.9. The molecule has 2 N–H and O–H groups in total. The van der Waals surface area contributed by atoms with E-state index in [1.807, 2.05) is 25.9 Å². The van der Waals surface area contributed by atoms with E-state index in [0.717, 1.165) is 5.82 Å². The van der Waals surface area contributed by atoms with E-state index in [0.29, 0.717) is 12.0 Å². The topological polar surface area (TPSA) is 65.5 Å². The van der Waals surface area contributed by atoms with Gasteiger partial charge in [0.1, 0.15) is 5.82 Å². The zero-order chi connectivity index (χ0) is 13.8. The second-order valence-electron chi connectivity index (χ2n) is 4.83. The van der Waals surface area contributed by atoms with Gasteiger partial charge in [0, 0.05) is 32.4 Å². The molecule has 0 saturated heterocycles. The van der Waals surface area contributed by atoms with Crippen molar-refractivity contribution >= 4 is 11.7 Å². The number of pyridine rings is 1. The average molecular weight is 251 g/mol. The van der Waals surface area contributed by atoms with Crippen molar-refractivity contribution in [2.24, 2.45) is 0 Å². The van der Waals surface area contributed by atoms with E-state index in [2.05, 4.69) is 10.3 Å². The predicted molar refractivity (Wildman–Crippen MR) is 71.8 cm³/mol. The van der Waals surface area contributed by atoms with Crippen molar-refractivity contribution in [1.82, 2.24) is 10.3 Å². The number of amides is 1. The Morgan fingerprint density at radius 1 is 1.56 bits per heavy atom. The molecule has 18 heavy (non-hydrogen) atoms. The number of carbonyl (C=O) groups is 1. The fraction of sp³-hybridized carbons (Fsp3) is 0.538. The normalized spacial score (nSPS) is 13.8. The van der Waals surface area contributed by atoms with Crippen LogP contribution in [0.4, 0.5) is 5.82 Å². The second kappa shape index (κ2) is 5.82. The highest BCUT2D eigenvalue weighted by Gasteiger charge is 2.19. The first kappa shape index (κ1) is 14.4. The summed E-state index contributed by atoms with van der Waals surface area (Å²) in [6.45, 7) is 3.82. The standard InChI is InChI=1S/C13H21N3O2/c1-5-13(2,18)9-15-12(17)10-6-7-14-11(8-10)16(3)4/h6-8,18H,5,9H2,1-4H3,(H,15,17). The number of hydrogen-bond acceptors (Lipinski definition) is 4. The van der Waals surface area contributed by atoms with E-state index < -0.39 is 5.60 Å². The van der Waals surface area contributed by atoms with E-state index in [9.17, 15) is 9.90 Å². The molecule has 1 rings (SSSR count). The molecule has 1 aromatic heterocycles. The summed E-state index contributed by atoms with van der Waals surface area (Å²) in [5, 5.41) is 12.5. The minimum atomic E-state index is -0.868. The number of nitrogens with one attached hydrogen (secondary N) is 1. The largest absolute Gasteiger partial charge is 0.388 e. The molecule has 0 saturated carbocycles. The van der Waals surface area contributed by atoms with E-state index in [1.54, 1.807) is 25.3 Å². The van der Waals surface area contributed by atoms with Crippen LogP contribution >= 0.6 is 0 Å². The van der Waals surface area contributed by atoms with Gasteiger partial charge in [-0.1, -0.05) is 6.92 Å². The van der Waals surface area contributed by atoms with Crippen LogP contribution in [0.15, 0.2) is 18.3 Å². The van der Waals surface area contributed by atoms with Gasteiger partial charge in [-0.25, -0.2) is 4.98 Å². The Morgan fingerprint density at radius 3 is 2.78 bits per heavy atom. The Labute approximate surface area is 108 Å². The Balaban J connectivity index is 2.70. The van der Waals surface area contributed by atoms with Crippen LogP contribution in [0.5, 0.6) is 0 Å². The van der Waals surface area contributed by atoms with Crippen molar-refractivity contribution in [2.45, 2.75) is 25.9 Å². The maximum Gasteiger partial charge on any atom is 0.251 e. The molecule has 5 nitrogen and oxygen atoms in total. The molecular formula is C13H21N3O2. The molecule has 0 spiro atoms. The van der Waals surface area contributed by atoms with E-state index in [-0.39, 0.29) is 12.5 Å². The molecule has 0 aliphatic rings. The molecule has 5 heteroatoms. The molecule has 0 bridgehead atoms. The van der Waals surface area contributed by atoms with Crippen molar-refractivity contribution in [3.63, 3.8) is 0 Å². The first-order valence-electron chi connectivity index (χ1n) is 5.99. The fourth-order valence-electron chi connectivity index (χ4n) is 1.30. The van der Waals surface area contributed by atoms with Gasteiger partial charge in [0.25, 0.3) is 5.91 Å². The highest BCUT2D eigenvalue weighted by molar-refractivity contribution is 5.94. The van der Waals surface area contributed by atoms with Gasteiger partial charge in [0.2, 0.25) is 0 Å². The number of aliphatic hydroxyl groups is 1. The van der Waals surface area contributed by atoms with Gasteiger partial charge < -0.3 is 15.3 Å². The summed E-state index contributed by atoms with van der Waals surface area (Å²) in [7, 11) is 3.73. The smallest absolute Gasteiger partial charge is 0.251 e. The molecule has 0 aliphatic heterocycles. The molecule has 0 fully saturated rings. The molecule has 100 valence electrons. The Kier molecular flexibility index (Phi) is 4.67. The molecule has 0 aromatic carbocycles. The van der Waals surface area contributed by atoms with Crippen LogP contribution in [0.3, 0.4) is 0 Å². The van der Waals surface area contributed by atoms with Gasteiger partial charge in [-0.05, 0) is 25.5 Å². The summed E-state index contributed by atoms with van der Waals surface area (Å²) < 4.78 is 0. The lowest BCUT2D eigenvalue weighted by atomic mass is 10.0. The van der Waals surface area contributed by atoms with Crippen LogP contribution in [-0.4, -0.2) is 42.2 Å². The lowest BCUT2D eigenvalue weighted by molar-refractivity contribution is 0.0518. The summed E-state index contributed by atoms with van der Waals surface area (Å²) in [6.07, 6.45) is 2.19. The zero-order valence-electron chi connectivity index (χ0n) is 11.4.